The number of halogens is 2. The van der Waals surface area contributed by atoms with Gasteiger partial charge in [-0.15, -0.1) is 0 Å². The van der Waals surface area contributed by atoms with E-state index in [1.807, 2.05) is 0 Å². The summed E-state index contributed by atoms with van der Waals surface area (Å²) in [5.41, 5.74) is 0.698. The number of nitrogens with one attached hydrogen (secondary N) is 1. The maximum absolute atomic E-state index is 14.3. The molecule has 1 aliphatic rings. The Morgan fingerprint density at radius 1 is 1.14 bits per heavy atom. The topological polar surface area (TPSA) is 72.5 Å². The summed E-state index contributed by atoms with van der Waals surface area (Å²) in [4.78, 5) is 12.6. The van der Waals surface area contributed by atoms with Crippen LogP contribution in [0.15, 0.2) is 42.5 Å². The first kappa shape index (κ1) is 20.3. The molecule has 2 aromatic rings. The van der Waals surface area contributed by atoms with E-state index in [1.54, 1.807) is 6.07 Å². The van der Waals surface area contributed by atoms with Gasteiger partial charge in [0.25, 0.3) is 0 Å². The van der Waals surface area contributed by atoms with Crippen molar-refractivity contribution in [3.05, 3.63) is 59.7 Å². The molecule has 0 aliphatic heterocycles. The standard InChI is InChI=1S/C20H21F2NO4S/c1-28(25,26)20(9-2-3-10-20)19(24)23-16-7-8-18(17(22)12-16)27-13-14-5-4-6-15(21)11-14/h4-8,11-12H,2-3,9-10,13H2,1H3,(H,23,24). The molecule has 1 N–H and O–H groups in total. The summed E-state index contributed by atoms with van der Waals surface area (Å²) in [6.07, 6.45) is 2.88. The number of benzene rings is 2. The zero-order valence-corrected chi connectivity index (χ0v) is 16.2. The second-order valence-corrected chi connectivity index (χ2v) is 9.32. The van der Waals surface area contributed by atoms with Crippen LogP contribution in [-0.2, 0) is 21.2 Å². The lowest BCUT2D eigenvalue weighted by Gasteiger charge is -2.25. The second kappa shape index (κ2) is 7.87. The molecule has 0 radical (unpaired) electrons. The normalized spacial score (nSPS) is 16.0. The number of carbonyl (C=O) groups excluding carboxylic acids is 1. The van der Waals surface area contributed by atoms with Crippen molar-refractivity contribution in [2.24, 2.45) is 0 Å². The van der Waals surface area contributed by atoms with E-state index in [1.165, 1.54) is 30.3 Å². The van der Waals surface area contributed by atoms with Crippen LogP contribution >= 0.6 is 0 Å². The van der Waals surface area contributed by atoms with E-state index in [9.17, 15) is 22.0 Å². The monoisotopic (exact) mass is 409 g/mol. The van der Waals surface area contributed by atoms with Crippen molar-refractivity contribution in [2.75, 3.05) is 11.6 Å². The van der Waals surface area contributed by atoms with Crippen molar-refractivity contribution < 1.29 is 26.7 Å². The van der Waals surface area contributed by atoms with Crippen LogP contribution < -0.4 is 10.1 Å². The Balaban J connectivity index is 1.71. The van der Waals surface area contributed by atoms with Crippen LogP contribution in [0, 0.1) is 11.6 Å². The fourth-order valence-corrected chi connectivity index (χ4v) is 4.86. The van der Waals surface area contributed by atoms with E-state index in [0.29, 0.717) is 18.4 Å². The van der Waals surface area contributed by atoms with E-state index in [2.05, 4.69) is 5.32 Å². The van der Waals surface area contributed by atoms with Crippen molar-refractivity contribution in [1.29, 1.82) is 0 Å². The van der Waals surface area contributed by atoms with Gasteiger partial charge >= 0.3 is 0 Å². The summed E-state index contributed by atoms with van der Waals surface area (Å²) < 4.78 is 55.7. The predicted molar refractivity (Wildman–Crippen MR) is 102 cm³/mol. The molecule has 0 atom stereocenters. The SMILES string of the molecule is CS(=O)(=O)C1(C(=O)Nc2ccc(OCc3cccc(F)c3)c(F)c2)CCCC1. The van der Waals surface area contributed by atoms with Crippen molar-refractivity contribution in [1.82, 2.24) is 0 Å². The number of hydrogen-bond acceptors (Lipinski definition) is 4. The van der Waals surface area contributed by atoms with Gasteiger partial charge in [0.1, 0.15) is 12.4 Å². The molecular weight excluding hydrogens is 388 g/mol. The number of amides is 1. The lowest BCUT2D eigenvalue weighted by atomic mass is 10.1. The van der Waals surface area contributed by atoms with Gasteiger partial charge in [-0.3, -0.25) is 4.79 Å². The van der Waals surface area contributed by atoms with Crippen LogP contribution in [-0.4, -0.2) is 25.3 Å². The van der Waals surface area contributed by atoms with Gasteiger partial charge in [-0.2, -0.15) is 0 Å². The fraction of sp³-hybridized carbons (Fsp3) is 0.350. The number of hydrogen-bond donors (Lipinski definition) is 1. The zero-order chi connectivity index (χ0) is 20.4. The molecule has 0 saturated heterocycles. The average molecular weight is 409 g/mol. The quantitative estimate of drug-likeness (QED) is 0.787. The third-order valence-electron chi connectivity index (χ3n) is 5.01. The van der Waals surface area contributed by atoms with Crippen LogP contribution in [0.25, 0.3) is 0 Å². The third kappa shape index (κ3) is 4.16. The van der Waals surface area contributed by atoms with Gasteiger partial charge in [-0.05, 0) is 42.7 Å². The smallest absolute Gasteiger partial charge is 0.245 e. The van der Waals surface area contributed by atoms with Crippen molar-refractivity contribution in [2.45, 2.75) is 37.0 Å². The molecule has 5 nitrogen and oxygen atoms in total. The molecule has 0 aromatic heterocycles. The molecule has 1 aliphatic carbocycles. The first-order valence-electron chi connectivity index (χ1n) is 8.89. The highest BCUT2D eigenvalue weighted by Gasteiger charge is 2.50. The van der Waals surface area contributed by atoms with Gasteiger partial charge in [0, 0.05) is 18.0 Å². The fourth-order valence-electron chi connectivity index (χ4n) is 3.44. The minimum absolute atomic E-state index is 0.0163. The summed E-state index contributed by atoms with van der Waals surface area (Å²) in [7, 11) is -3.61. The molecule has 0 bridgehead atoms. The Morgan fingerprint density at radius 3 is 2.46 bits per heavy atom. The highest BCUT2D eigenvalue weighted by molar-refractivity contribution is 7.92. The minimum Gasteiger partial charge on any atom is -0.486 e. The predicted octanol–water partition coefficient (Wildman–Crippen LogP) is 3.84. The maximum atomic E-state index is 14.3. The first-order chi connectivity index (χ1) is 13.2. The molecule has 0 unspecified atom stereocenters. The van der Waals surface area contributed by atoms with Gasteiger partial charge < -0.3 is 10.1 Å². The minimum atomic E-state index is -3.61. The van der Waals surface area contributed by atoms with Crippen LogP contribution in [0.5, 0.6) is 5.75 Å². The molecule has 1 amide bonds. The molecule has 3 rings (SSSR count). The number of ether oxygens (including phenoxy) is 1. The Labute approximate surface area is 162 Å². The number of carbonyl (C=O) groups is 1. The maximum Gasteiger partial charge on any atom is 0.245 e. The van der Waals surface area contributed by atoms with E-state index in [4.69, 9.17) is 4.74 Å². The van der Waals surface area contributed by atoms with Crippen LogP contribution in [0.4, 0.5) is 14.5 Å². The summed E-state index contributed by atoms with van der Waals surface area (Å²) in [5.74, 6) is -1.82. The second-order valence-electron chi connectivity index (χ2n) is 6.99. The molecule has 150 valence electrons. The summed E-state index contributed by atoms with van der Waals surface area (Å²) in [5, 5.41) is 2.52. The summed E-state index contributed by atoms with van der Waals surface area (Å²) in [6.45, 7) is -0.0163. The summed E-state index contributed by atoms with van der Waals surface area (Å²) >= 11 is 0. The number of sulfone groups is 1. The lowest BCUT2D eigenvalue weighted by Crippen LogP contribution is -2.47. The zero-order valence-electron chi connectivity index (χ0n) is 15.4. The van der Waals surface area contributed by atoms with Crippen molar-refractivity contribution >= 4 is 21.4 Å². The molecule has 1 saturated carbocycles. The highest BCUT2D eigenvalue weighted by atomic mass is 32.2. The third-order valence-corrected chi connectivity index (χ3v) is 7.02. The Morgan fingerprint density at radius 2 is 1.86 bits per heavy atom. The van der Waals surface area contributed by atoms with Gasteiger partial charge in [0.2, 0.25) is 5.91 Å². The molecule has 8 heteroatoms. The summed E-state index contributed by atoms with van der Waals surface area (Å²) in [6, 6.07) is 9.63. The Bertz CT molecular complexity index is 985. The van der Waals surface area contributed by atoms with Gasteiger partial charge in [-0.25, -0.2) is 17.2 Å². The van der Waals surface area contributed by atoms with Gasteiger partial charge in [0.05, 0.1) is 0 Å². The molecular formula is C20H21F2NO4S. The number of anilines is 1. The van der Waals surface area contributed by atoms with Gasteiger partial charge in [0.15, 0.2) is 26.2 Å². The Kier molecular flexibility index (Phi) is 5.69. The van der Waals surface area contributed by atoms with Crippen LogP contribution in [0.3, 0.4) is 0 Å². The van der Waals surface area contributed by atoms with E-state index >= 15 is 0 Å². The lowest BCUT2D eigenvalue weighted by molar-refractivity contribution is -0.118. The molecule has 2 aromatic carbocycles. The average Bonchev–Trinajstić information content (AvgIpc) is 3.12. The van der Waals surface area contributed by atoms with Crippen molar-refractivity contribution in [3.8, 4) is 5.75 Å². The van der Waals surface area contributed by atoms with Crippen molar-refractivity contribution in [3.63, 3.8) is 0 Å². The Hall–Kier alpha value is -2.48. The largest absolute Gasteiger partial charge is 0.486 e. The molecule has 0 heterocycles. The molecule has 1 fully saturated rings. The van der Waals surface area contributed by atoms with Crippen LogP contribution in [0.2, 0.25) is 0 Å². The van der Waals surface area contributed by atoms with Crippen LogP contribution in [0.1, 0.15) is 31.2 Å². The first-order valence-corrected chi connectivity index (χ1v) is 10.8. The molecule has 28 heavy (non-hydrogen) atoms. The van der Waals surface area contributed by atoms with Gasteiger partial charge in [-0.1, -0.05) is 25.0 Å². The van der Waals surface area contributed by atoms with E-state index in [-0.39, 0.29) is 30.9 Å². The highest BCUT2D eigenvalue weighted by Crippen LogP contribution is 2.37. The van der Waals surface area contributed by atoms with E-state index in [0.717, 1.165) is 12.3 Å². The molecule has 0 spiro atoms. The number of rotatable bonds is 6. The van der Waals surface area contributed by atoms with E-state index < -0.39 is 32.1 Å².